The van der Waals surface area contributed by atoms with Crippen molar-refractivity contribution in [1.29, 1.82) is 0 Å². The van der Waals surface area contributed by atoms with Crippen molar-refractivity contribution in [3.8, 4) is 0 Å². The lowest BCUT2D eigenvalue weighted by atomic mass is 10.2. The highest BCUT2D eigenvalue weighted by molar-refractivity contribution is 5.40. The molecule has 21 heavy (non-hydrogen) atoms. The lowest BCUT2D eigenvalue weighted by molar-refractivity contribution is 0.273. The van der Waals surface area contributed by atoms with Crippen molar-refractivity contribution < 1.29 is 0 Å². The van der Waals surface area contributed by atoms with Crippen molar-refractivity contribution >= 4 is 5.82 Å². The molecule has 0 spiro atoms. The van der Waals surface area contributed by atoms with Crippen LogP contribution in [0, 0.1) is 0 Å². The largest absolute Gasteiger partial charge is 0.355 e. The molecular formula is C17H28N4. The van der Waals surface area contributed by atoms with Gasteiger partial charge in [0.25, 0.3) is 0 Å². The zero-order chi connectivity index (χ0) is 14.7. The van der Waals surface area contributed by atoms with Gasteiger partial charge in [0.15, 0.2) is 0 Å². The first-order valence-electron chi connectivity index (χ1n) is 8.40. The fourth-order valence-electron chi connectivity index (χ4n) is 3.46. The second-order valence-corrected chi connectivity index (χ2v) is 6.65. The third-order valence-electron chi connectivity index (χ3n) is 4.61. The van der Waals surface area contributed by atoms with E-state index in [1.165, 1.54) is 32.4 Å². The van der Waals surface area contributed by atoms with Crippen LogP contribution in [0.1, 0.15) is 38.8 Å². The minimum atomic E-state index is 0.501. The van der Waals surface area contributed by atoms with Crippen LogP contribution in [0.25, 0.3) is 0 Å². The Hall–Kier alpha value is -1.13. The number of anilines is 1. The maximum atomic E-state index is 4.87. The van der Waals surface area contributed by atoms with Crippen LogP contribution in [-0.2, 0) is 6.54 Å². The number of nitrogens with one attached hydrogen (secondary N) is 1. The molecule has 0 radical (unpaired) electrons. The summed E-state index contributed by atoms with van der Waals surface area (Å²) in [4.78, 5) is 10.0. The average Bonchev–Trinajstić information content (AvgIpc) is 2.82. The first kappa shape index (κ1) is 14.8. The normalized spacial score (nSPS) is 23.4. The number of pyridine rings is 1. The molecule has 2 aliphatic rings. The van der Waals surface area contributed by atoms with Gasteiger partial charge < -0.3 is 10.2 Å². The van der Waals surface area contributed by atoms with Crippen LogP contribution in [0.3, 0.4) is 0 Å². The molecule has 1 unspecified atom stereocenters. The van der Waals surface area contributed by atoms with Crippen LogP contribution in [-0.4, -0.2) is 48.1 Å². The molecule has 1 N–H and O–H groups in total. The maximum Gasteiger partial charge on any atom is 0.128 e. The SMILES string of the molecule is CC(C)NCc1cccc(N2CCCN3CCCC3C2)n1. The summed E-state index contributed by atoms with van der Waals surface area (Å²) in [5.74, 6) is 1.16. The van der Waals surface area contributed by atoms with Gasteiger partial charge in [0.2, 0.25) is 0 Å². The van der Waals surface area contributed by atoms with Crippen LogP contribution in [0.4, 0.5) is 5.82 Å². The summed E-state index contributed by atoms with van der Waals surface area (Å²) >= 11 is 0. The van der Waals surface area contributed by atoms with Crippen molar-refractivity contribution in [3.63, 3.8) is 0 Å². The average molecular weight is 288 g/mol. The molecule has 1 aromatic rings. The van der Waals surface area contributed by atoms with E-state index < -0.39 is 0 Å². The Labute approximate surface area is 128 Å². The number of nitrogens with zero attached hydrogens (tertiary/aromatic N) is 3. The number of rotatable bonds is 4. The number of hydrogen-bond donors (Lipinski definition) is 1. The van der Waals surface area contributed by atoms with E-state index in [4.69, 9.17) is 4.98 Å². The van der Waals surface area contributed by atoms with E-state index in [2.05, 4.69) is 47.2 Å². The molecular weight excluding hydrogens is 260 g/mol. The van der Waals surface area contributed by atoms with Crippen LogP contribution in [0.2, 0.25) is 0 Å². The van der Waals surface area contributed by atoms with Crippen molar-refractivity contribution in [2.24, 2.45) is 0 Å². The molecule has 4 nitrogen and oxygen atoms in total. The van der Waals surface area contributed by atoms with Gasteiger partial charge in [-0.25, -0.2) is 4.98 Å². The summed E-state index contributed by atoms with van der Waals surface area (Å²) < 4.78 is 0. The smallest absolute Gasteiger partial charge is 0.128 e. The molecule has 4 heteroatoms. The fourth-order valence-corrected chi connectivity index (χ4v) is 3.46. The van der Waals surface area contributed by atoms with Gasteiger partial charge in [0, 0.05) is 38.3 Å². The number of aromatic nitrogens is 1. The monoisotopic (exact) mass is 288 g/mol. The molecule has 116 valence electrons. The summed E-state index contributed by atoms with van der Waals surface area (Å²) in [5, 5.41) is 3.45. The Balaban J connectivity index is 1.68. The van der Waals surface area contributed by atoms with E-state index in [0.717, 1.165) is 37.2 Å². The highest BCUT2D eigenvalue weighted by Crippen LogP contribution is 2.24. The van der Waals surface area contributed by atoms with Crippen molar-refractivity contribution in [2.45, 2.75) is 51.7 Å². The molecule has 1 atom stereocenters. The molecule has 0 amide bonds. The van der Waals surface area contributed by atoms with Crippen LogP contribution in [0.15, 0.2) is 18.2 Å². The summed E-state index contributed by atoms with van der Waals surface area (Å²) in [5.41, 5.74) is 1.15. The highest BCUT2D eigenvalue weighted by Gasteiger charge is 2.29. The van der Waals surface area contributed by atoms with E-state index in [-0.39, 0.29) is 0 Å². The van der Waals surface area contributed by atoms with Gasteiger partial charge in [-0.1, -0.05) is 19.9 Å². The first-order chi connectivity index (χ1) is 10.2. The highest BCUT2D eigenvalue weighted by atomic mass is 15.3. The third kappa shape index (κ3) is 3.74. The fraction of sp³-hybridized carbons (Fsp3) is 0.706. The van der Waals surface area contributed by atoms with Gasteiger partial charge in [0.1, 0.15) is 5.82 Å². The molecule has 1 aromatic heterocycles. The van der Waals surface area contributed by atoms with Crippen molar-refractivity contribution in [3.05, 3.63) is 23.9 Å². The van der Waals surface area contributed by atoms with Crippen LogP contribution in [0.5, 0.6) is 0 Å². The second-order valence-electron chi connectivity index (χ2n) is 6.65. The summed E-state index contributed by atoms with van der Waals surface area (Å²) in [6.07, 6.45) is 3.97. The molecule has 2 fully saturated rings. The van der Waals surface area contributed by atoms with Crippen molar-refractivity contribution in [2.75, 3.05) is 31.1 Å². The summed E-state index contributed by atoms with van der Waals surface area (Å²) in [6, 6.07) is 7.69. The molecule has 2 aliphatic heterocycles. The van der Waals surface area contributed by atoms with Gasteiger partial charge in [-0.05, 0) is 37.9 Å². The minimum Gasteiger partial charge on any atom is -0.355 e. The Morgan fingerprint density at radius 3 is 2.95 bits per heavy atom. The molecule has 0 aliphatic carbocycles. The number of hydrogen-bond acceptors (Lipinski definition) is 4. The first-order valence-corrected chi connectivity index (χ1v) is 8.40. The zero-order valence-corrected chi connectivity index (χ0v) is 13.4. The minimum absolute atomic E-state index is 0.501. The third-order valence-corrected chi connectivity index (χ3v) is 4.61. The van der Waals surface area contributed by atoms with Gasteiger partial charge in [-0.15, -0.1) is 0 Å². The molecule has 2 saturated heterocycles. The van der Waals surface area contributed by atoms with E-state index in [1.807, 2.05) is 0 Å². The Morgan fingerprint density at radius 1 is 1.24 bits per heavy atom. The zero-order valence-electron chi connectivity index (χ0n) is 13.4. The predicted octanol–water partition coefficient (Wildman–Crippen LogP) is 2.25. The van der Waals surface area contributed by atoms with E-state index in [0.29, 0.717) is 6.04 Å². The van der Waals surface area contributed by atoms with Gasteiger partial charge >= 0.3 is 0 Å². The van der Waals surface area contributed by atoms with Crippen molar-refractivity contribution in [1.82, 2.24) is 15.2 Å². The van der Waals surface area contributed by atoms with Crippen LogP contribution >= 0.6 is 0 Å². The topological polar surface area (TPSA) is 31.4 Å². The lowest BCUT2D eigenvalue weighted by Crippen LogP contribution is -2.37. The van der Waals surface area contributed by atoms with Crippen LogP contribution < -0.4 is 10.2 Å². The molecule has 0 aromatic carbocycles. The van der Waals surface area contributed by atoms with E-state index in [1.54, 1.807) is 0 Å². The second kappa shape index (κ2) is 6.75. The lowest BCUT2D eigenvalue weighted by Gasteiger charge is -2.26. The van der Waals surface area contributed by atoms with E-state index in [9.17, 15) is 0 Å². The predicted molar refractivity (Wildman–Crippen MR) is 87.6 cm³/mol. The quantitative estimate of drug-likeness (QED) is 0.921. The maximum absolute atomic E-state index is 4.87. The van der Waals surface area contributed by atoms with Gasteiger partial charge in [-0.3, -0.25) is 4.90 Å². The Kier molecular flexibility index (Phi) is 4.76. The molecule has 0 bridgehead atoms. The number of fused-ring (bicyclic) bond motifs is 1. The standard InChI is InChI=1S/C17H28N4/c1-14(2)18-12-15-6-3-8-17(19-15)21-11-5-10-20-9-4-7-16(20)13-21/h3,6,8,14,16,18H,4-5,7,9-13H2,1-2H3. The Bertz CT molecular complexity index is 460. The Morgan fingerprint density at radius 2 is 2.10 bits per heavy atom. The molecule has 3 heterocycles. The van der Waals surface area contributed by atoms with Gasteiger partial charge in [-0.2, -0.15) is 0 Å². The molecule has 0 saturated carbocycles. The summed E-state index contributed by atoms with van der Waals surface area (Å²) in [7, 11) is 0. The summed E-state index contributed by atoms with van der Waals surface area (Å²) in [6.45, 7) is 10.0. The van der Waals surface area contributed by atoms with Gasteiger partial charge in [0.05, 0.1) is 5.69 Å². The molecule has 3 rings (SSSR count). The van der Waals surface area contributed by atoms with E-state index >= 15 is 0 Å².